The molecule has 0 amide bonds. The molecule has 21 nitrogen and oxygen atoms in total. The van der Waals surface area contributed by atoms with Crippen molar-refractivity contribution in [1.29, 1.82) is 0 Å². The Morgan fingerprint density at radius 3 is 1.95 bits per heavy atom. The van der Waals surface area contributed by atoms with Crippen molar-refractivity contribution in [2.45, 2.75) is 53.9 Å². The van der Waals surface area contributed by atoms with E-state index in [2.05, 4.69) is 24.1 Å². The van der Waals surface area contributed by atoms with Gasteiger partial charge < -0.3 is 19.2 Å². The number of nitro groups is 4. The highest BCUT2D eigenvalue weighted by atomic mass is 16.7. The summed E-state index contributed by atoms with van der Waals surface area (Å²) in [7, 11) is 0. The predicted octanol–water partition coefficient (Wildman–Crippen LogP) is 6.61. The molecule has 21 heteroatoms. The zero-order chi connectivity index (χ0) is 43.5. The first-order valence-electron chi connectivity index (χ1n) is 17.0. The number of carboxylic acids is 1. The maximum Gasteiger partial charge on any atom is 0.347 e. The number of para-hydroxylation sites is 1. The van der Waals surface area contributed by atoms with E-state index in [4.69, 9.17) is 19.7 Å². The van der Waals surface area contributed by atoms with E-state index in [1.165, 1.54) is 0 Å². The normalized spacial score (nSPS) is 11.7. The summed E-state index contributed by atoms with van der Waals surface area (Å²) >= 11 is 0. The molecular formula is C39H33N7O14. The molecule has 1 aliphatic heterocycles. The Kier molecular flexibility index (Phi) is 13.1. The first-order chi connectivity index (χ1) is 28.0. The predicted molar refractivity (Wildman–Crippen MR) is 214 cm³/mol. The van der Waals surface area contributed by atoms with Gasteiger partial charge in [-0.25, -0.2) is 9.78 Å². The van der Waals surface area contributed by atoms with Gasteiger partial charge in [0.05, 0.1) is 72.0 Å². The number of nitrogens with zero attached hydrogens (tertiary/aromatic N) is 7. The van der Waals surface area contributed by atoms with Crippen LogP contribution in [0.2, 0.25) is 0 Å². The molecule has 0 saturated heterocycles. The van der Waals surface area contributed by atoms with Crippen LogP contribution in [0.3, 0.4) is 0 Å². The molecule has 3 heterocycles. The summed E-state index contributed by atoms with van der Waals surface area (Å²) in [4.78, 5) is 86.7. The number of carbonyl (C=O) groups is 2. The average Bonchev–Trinajstić information content (AvgIpc) is 3.73. The fraction of sp³-hybridized carbons (Fsp3) is 0.205. The van der Waals surface area contributed by atoms with Gasteiger partial charge in [0.1, 0.15) is 12.3 Å². The number of rotatable bonds is 10. The standard InChI is InChI=1S/C20H18N2O3.C16H9N5O11.C2H2.CH4/c1-3-18(23)25-11-15-12(2)8-17-19-14(10-22(17)20(15)24)9-13-6-4-5-7-16(13)21-19;1-6(16(22)23)32-17-15-9-2-7(18(24)25)4-11(20(28)29)13(9)14-10(15)3-8(19(26)27)5-12(14)21(30)31;1-2;/h4-9H,3,10-11H2,1-2H3;2-6H,1H3,(H,22,23);1-2H;1H4/t;6-;;/m.1../s1. The number of esters is 1. The molecule has 0 bridgehead atoms. The Hall–Kier alpha value is -8.41. The smallest absolute Gasteiger partial charge is 0.347 e. The Morgan fingerprint density at radius 1 is 0.900 bits per heavy atom. The number of oxime groups is 1. The molecule has 1 N–H and O–H groups in total. The number of aliphatic carboxylic acids is 1. The van der Waals surface area contributed by atoms with Crippen molar-refractivity contribution in [3.63, 3.8) is 0 Å². The number of terminal acetylenes is 1. The lowest BCUT2D eigenvalue weighted by atomic mass is 10.0. The molecular weight excluding hydrogens is 790 g/mol. The van der Waals surface area contributed by atoms with Gasteiger partial charge in [0, 0.05) is 40.6 Å². The molecule has 0 unspecified atom stereocenters. The zero-order valence-electron chi connectivity index (χ0n) is 31.0. The number of benzene rings is 3. The van der Waals surface area contributed by atoms with E-state index in [0.29, 0.717) is 30.7 Å². The summed E-state index contributed by atoms with van der Waals surface area (Å²) < 4.78 is 6.89. The van der Waals surface area contributed by atoms with E-state index < -0.39 is 71.4 Å². The van der Waals surface area contributed by atoms with Crippen LogP contribution in [0, 0.1) is 60.2 Å². The van der Waals surface area contributed by atoms with E-state index in [9.17, 15) is 54.8 Å². The molecule has 7 rings (SSSR count). The zero-order valence-corrected chi connectivity index (χ0v) is 31.0. The van der Waals surface area contributed by atoms with Crippen LogP contribution in [-0.2, 0) is 32.3 Å². The van der Waals surface area contributed by atoms with Gasteiger partial charge >= 0.3 is 11.9 Å². The van der Waals surface area contributed by atoms with E-state index >= 15 is 0 Å². The number of non-ortho nitro benzene ring substituents is 2. The molecule has 5 aromatic rings. The number of pyridine rings is 2. The quantitative estimate of drug-likeness (QED) is 0.0656. The summed E-state index contributed by atoms with van der Waals surface area (Å²) in [5.41, 5.74) is -0.488. The maximum atomic E-state index is 12.9. The number of hydrogen-bond donors (Lipinski definition) is 1. The summed E-state index contributed by atoms with van der Waals surface area (Å²) in [6.07, 6.45) is 6.75. The van der Waals surface area contributed by atoms with Crippen LogP contribution >= 0.6 is 0 Å². The highest BCUT2D eigenvalue weighted by Gasteiger charge is 2.42. The summed E-state index contributed by atoms with van der Waals surface area (Å²) in [6.45, 7) is 5.20. The highest BCUT2D eigenvalue weighted by molar-refractivity contribution is 6.27. The highest BCUT2D eigenvalue weighted by Crippen LogP contribution is 2.50. The maximum absolute atomic E-state index is 12.9. The third-order valence-corrected chi connectivity index (χ3v) is 9.09. The summed E-state index contributed by atoms with van der Waals surface area (Å²) in [6, 6.07) is 14.8. The topological polar surface area (TPSA) is 293 Å². The van der Waals surface area contributed by atoms with Crippen LogP contribution in [0.1, 0.15) is 55.5 Å². The molecule has 3 aromatic carbocycles. The lowest BCUT2D eigenvalue weighted by Crippen LogP contribution is -2.25. The first-order valence-corrected chi connectivity index (χ1v) is 17.0. The van der Waals surface area contributed by atoms with E-state index in [1.54, 1.807) is 11.5 Å². The van der Waals surface area contributed by atoms with Crippen molar-refractivity contribution >= 4 is 51.3 Å². The molecule has 308 valence electrons. The van der Waals surface area contributed by atoms with Crippen LogP contribution < -0.4 is 5.56 Å². The Labute approximate surface area is 338 Å². The van der Waals surface area contributed by atoms with E-state index in [1.807, 2.05) is 37.3 Å². The largest absolute Gasteiger partial charge is 0.478 e. The average molecular weight is 824 g/mol. The fourth-order valence-electron chi connectivity index (χ4n) is 6.31. The number of aryl methyl sites for hydroxylation is 1. The second-order valence-electron chi connectivity index (χ2n) is 12.6. The first kappa shape index (κ1) is 44.3. The SMILES string of the molecule is C.C#C.CCC(=O)OCc1c(C)cc2n(c1=O)Cc1cc3ccccc3nc1-2.C[C@@H](ON=C1c2cc([N+](=O)[O-])cc([N+](=O)[O-])c2-c2c1cc([N+](=O)[O-])cc2[N+](=O)[O-])C(=O)O. The lowest BCUT2D eigenvalue weighted by Gasteiger charge is -2.10. The Bertz CT molecular complexity index is 2670. The minimum atomic E-state index is -1.54. The van der Waals surface area contributed by atoms with Crippen molar-refractivity contribution in [2.75, 3.05) is 0 Å². The molecule has 1 atom stereocenters. The van der Waals surface area contributed by atoms with Crippen molar-refractivity contribution in [2.24, 2.45) is 5.16 Å². The minimum absolute atomic E-state index is 0. The fourth-order valence-corrected chi connectivity index (χ4v) is 6.31. The molecule has 60 heavy (non-hydrogen) atoms. The molecule has 2 aliphatic rings. The van der Waals surface area contributed by atoms with Gasteiger partial charge in [-0.3, -0.25) is 50.0 Å². The lowest BCUT2D eigenvalue weighted by molar-refractivity contribution is -0.395. The minimum Gasteiger partial charge on any atom is -0.478 e. The number of nitro benzene ring substituents is 4. The molecule has 0 spiro atoms. The molecule has 0 fully saturated rings. The van der Waals surface area contributed by atoms with E-state index in [0.717, 1.165) is 52.5 Å². The number of hydrogen-bond acceptors (Lipinski definition) is 15. The monoisotopic (exact) mass is 823 g/mol. The number of carbonyl (C=O) groups excluding carboxylic acids is 1. The van der Waals surface area contributed by atoms with Gasteiger partial charge in [-0.05, 0) is 37.6 Å². The van der Waals surface area contributed by atoms with Crippen LogP contribution in [-0.4, -0.2) is 58.1 Å². The van der Waals surface area contributed by atoms with Gasteiger partial charge in [-0.1, -0.05) is 37.7 Å². The van der Waals surface area contributed by atoms with Crippen LogP contribution in [0.15, 0.2) is 70.6 Å². The number of aromatic nitrogens is 2. The van der Waals surface area contributed by atoms with Crippen LogP contribution in [0.4, 0.5) is 22.7 Å². The number of carboxylic acid groups (broad SMARTS) is 1. The molecule has 2 aromatic heterocycles. The molecule has 0 radical (unpaired) electrons. The van der Waals surface area contributed by atoms with Gasteiger partial charge in [-0.2, -0.15) is 0 Å². The van der Waals surface area contributed by atoms with Crippen LogP contribution in [0.25, 0.3) is 33.4 Å². The summed E-state index contributed by atoms with van der Waals surface area (Å²) in [5.74, 6) is -1.76. The van der Waals surface area contributed by atoms with Crippen LogP contribution in [0.5, 0.6) is 0 Å². The second kappa shape index (κ2) is 17.8. The molecule has 1 aliphatic carbocycles. The van der Waals surface area contributed by atoms with Gasteiger partial charge in [0.25, 0.3) is 28.3 Å². The molecule has 0 saturated carbocycles. The number of fused-ring (bicyclic) bond motifs is 7. The van der Waals surface area contributed by atoms with E-state index in [-0.39, 0.29) is 36.7 Å². The van der Waals surface area contributed by atoms with Gasteiger partial charge in [0.2, 0.25) is 6.10 Å². The Balaban J connectivity index is 0.000000256. The van der Waals surface area contributed by atoms with Gasteiger partial charge in [-0.15, -0.1) is 12.8 Å². The van der Waals surface area contributed by atoms with Crippen molar-refractivity contribution in [3.8, 4) is 35.4 Å². The van der Waals surface area contributed by atoms with Crippen molar-refractivity contribution in [1.82, 2.24) is 9.55 Å². The van der Waals surface area contributed by atoms with Gasteiger partial charge in [0.15, 0.2) is 0 Å². The number of ether oxygens (including phenoxy) is 1. The van der Waals surface area contributed by atoms with Crippen molar-refractivity contribution in [3.05, 3.63) is 139 Å². The summed E-state index contributed by atoms with van der Waals surface area (Å²) in [5, 5.41) is 59.4. The second-order valence-corrected chi connectivity index (χ2v) is 12.6. The third-order valence-electron chi connectivity index (χ3n) is 9.09. The third kappa shape index (κ3) is 8.33. The Morgan fingerprint density at radius 2 is 1.45 bits per heavy atom. The van der Waals surface area contributed by atoms with Crippen molar-refractivity contribution < 1.29 is 44.0 Å².